The number of nitro benzene ring substituents is 1. The lowest BCUT2D eigenvalue weighted by Gasteiger charge is -2.33. The number of rotatable bonds is 2. The molecule has 3 aliphatic rings. The predicted octanol–water partition coefficient (Wildman–Crippen LogP) is 4.00. The zero-order valence-electron chi connectivity index (χ0n) is 14.9. The second-order valence-corrected chi connectivity index (χ2v) is 7.35. The van der Waals surface area contributed by atoms with E-state index in [0.29, 0.717) is 35.3 Å². The Bertz CT molecular complexity index is 1130. The first-order valence-corrected chi connectivity index (χ1v) is 9.29. The summed E-state index contributed by atoms with van der Waals surface area (Å²) in [6, 6.07) is 13.6. The van der Waals surface area contributed by atoms with Gasteiger partial charge in [0.15, 0.2) is 11.6 Å². The van der Waals surface area contributed by atoms with E-state index in [4.69, 9.17) is 4.99 Å². The number of allylic oxidation sites excluding steroid dienone is 2. The van der Waals surface area contributed by atoms with Crippen molar-refractivity contribution in [2.45, 2.75) is 25.2 Å². The summed E-state index contributed by atoms with van der Waals surface area (Å²) in [7, 11) is 0. The summed E-state index contributed by atoms with van der Waals surface area (Å²) in [4.78, 5) is 41.7. The molecule has 0 radical (unpaired) electrons. The summed E-state index contributed by atoms with van der Waals surface area (Å²) in [5.41, 5.74) is 3.95. The Labute approximate surface area is 160 Å². The van der Waals surface area contributed by atoms with Gasteiger partial charge in [0.25, 0.3) is 5.69 Å². The summed E-state index contributed by atoms with van der Waals surface area (Å²) in [5.74, 6) is -1.23. The molecule has 0 aromatic heterocycles. The Morgan fingerprint density at radius 3 is 2.54 bits per heavy atom. The first-order chi connectivity index (χ1) is 13.6. The molecule has 1 aliphatic heterocycles. The Hall–Kier alpha value is -3.41. The second kappa shape index (κ2) is 6.05. The smallest absolute Gasteiger partial charge is 0.269 e. The van der Waals surface area contributed by atoms with Crippen LogP contribution in [0.2, 0.25) is 0 Å². The van der Waals surface area contributed by atoms with E-state index in [1.807, 2.05) is 18.2 Å². The molecule has 0 saturated carbocycles. The Morgan fingerprint density at radius 2 is 1.75 bits per heavy atom. The number of aliphatic imine (C=N–C) groups is 1. The normalized spacial score (nSPS) is 23.1. The van der Waals surface area contributed by atoms with Crippen molar-refractivity contribution < 1.29 is 14.5 Å². The van der Waals surface area contributed by atoms with E-state index in [1.165, 1.54) is 12.1 Å². The summed E-state index contributed by atoms with van der Waals surface area (Å²) in [5, 5.41) is 11.3. The Kier molecular flexibility index (Phi) is 3.62. The quantitative estimate of drug-likeness (QED) is 0.589. The standard InChI is InChI=1S/C22H16N2O4/c25-17-10-4-9-16-19(17)18(12-5-3-6-13(11-12)24(27)28)20-21(23-16)14-7-1-2-8-15(14)22(20)26/h1-3,5-8,11,18,20H,4,9-10H2/t18-,20-/m0/s1. The molecule has 6 heteroatoms. The van der Waals surface area contributed by atoms with Gasteiger partial charge in [0.05, 0.1) is 16.6 Å². The van der Waals surface area contributed by atoms with E-state index in [2.05, 4.69) is 0 Å². The third kappa shape index (κ3) is 2.30. The number of nitro groups is 1. The number of ketones is 2. The van der Waals surface area contributed by atoms with Crippen molar-refractivity contribution in [1.82, 2.24) is 0 Å². The second-order valence-electron chi connectivity index (χ2n) is 7.35. The van der Waals surface area contributed by atoms with E-state index in [-0.39, 0.29) is 17.3 Å². The van der Waals surface area contributed by atoms with E-state index in [1.54, 1.807) is 18.2 Å². The number of hydrogen-bond donors (Lipinski definition) is 0. The fourth-order valence-corrected chi connectivity index (χ4v) is 4.64. The van der Waals surface area contributed by atoms with Gasteiger partial charge in [0.1, 0.15) is 0 Å². The highest BCUT2D eigenvalue weighted by Gasteiger charge is 2.48. The maximum Gasteiger partial charge on any atom is 0.269 e. The number of nitrogens with zero attached hydrogens (tertiary/aromatic N) is 2. The van der Waals surface area contributed by atoms with Gasteiger partial charge in [-0.05, 0) is 18.4 Å². The molecular weight excluding hydrogens is 356 g/mol. The molecule has 1 heterocycles. The van der Waals surface area contributed by atoms with E-state index in [9.17, 15) is 19.7 Å². The average Bonchev–Trinajstić information content (AvgIpc) is 2.99. The minimum atomic E-state index is -0.611. The molecular formula is C22H16N2O4. The fourth-order valence-electron chi connectivity index (χ4n) is 4.64. The SMILES string of the molecule is O=C1CCCC2=C1[C@H](c1cccc([N+](=O)[O-])c1)[C@@H]1C(=O)c3ccccc3C1=N2. The molecule has 5 rings (SSSR count). The molecule has 0 N–H and O–H groups in total. The number of Topliss-reactive ketones (excluding diaryl/α,β-unsaturated/α-hetero) is 2. The minimum Gasteiger partial charge on any atom is -0.294 e. The summed E-state index contributed by atoms with van der Waals surface area (Å²) in [6.07, 6.45) is 1.83. The van der Waals surface area contributed by atoms with Crippen molar-refractivity contribution in [1.29, 1.82) is 0 Å². The number of non-ortho nitro benzene ring substituents is 1. The van der Waals surface area contributed by atoms with Crippen LogP contribution in [0.1, 0.15) is 46.7 Å². The van der Waals surface area contributed by atoms with Crippen LogP contribution in [0.5, 0.6) is 0 Å². The van der Waals surface area contributed by atoms with Gasteiger partial charge in [-0.25, -0.2) is 0 Å². The molecule has 0 fully saturated rings. The highest BCUT2D eigenvalue weighted by atomic mass is 16.6. The van der Waals surface area contributed by atoms with Gasteiger partial charge in [-0.2, -0.15) is 0 Å². The molecule has 6 nitrogen and oxygen atoms in total. The number of carbonyl (C=O) groups excluding carboxylic acids is 2. The van der Waals surface area contributed by atoms with Crippen molar-refractivity contribution in [3.05, 3.63) is 86.6 Å². The van der Waals surface area contributed by atoms with Crippen molar-refractivity contribution in [2.75, 3.05) is 0 Å². The van der Waals surface area contributed by atoms with Crippen molar-refractivity contribution >= 4 is 23.0 Å². The first kappa shape index (κ1) is 16.7. The molecule has 0 unspecified atom stereocenters. The van der Waals surface area contributed by atoms with Gasteiger partial charge in [0, 0.05) is 46.9 Å². The van der Waals surface area contributed by atoms with Gasteiger partial charge in [-0.3, -0.25) is 24.7 Å². The summed E-state index contributed by atoms with van der Waals surface area (Å²) < 4.78 is 0. The van der Waals surface area contributed by atoms with Crippen LogP contribution in [0.25, 0.3) is 0 Å². The van der Waals surface area contributed by atoms with Crippen LogP contribution in [0.15, 0.2) is 64.8 Å². The van der Waals surface area contributed by atoms with Gasteiger partial charge in [0.2, 0.25) is 0 Å². The molecule has 138 valence electrons. The van der Waals surface area contributed by atoms with Gasteiger partial charge in [-0.15, -0.1) is 0 Å². The number of hydrogen-bond acceptors (Lipinski definition) is 5. The third-order valence-corrected chi connectivity index (χ3v) is 5.81. The van der Waals surface area contributed by atoms with E-state index in [0.717, 1.165) is 17.7 Å². The maximum atomic E-state index is 13.3. The van der Waals surface area contributed by atoms with Crippen molar-refractivity contribution in [2.24, 2.45) is 10.9 Å². The largest absolute Gasteiger partial charge is 0.294 e. The van der Waals surface area contributed by atoms with E-state index >= 15 is 0 Å². The van der Waals surface area contributed by atoms with Crippen LogP contribution >= 0.6 is 0 Å². The van der Waals surface area contributed by atoms with Crippen LogP contribution in [0.3, 0.4) is 0 Å². The zero-order valence-corrected chi connectivity index (χ0v) is 14.9. The van der Waals surface area contributed by atoms with Crippen LogP contribution in [0.4, 0.5) is 5.69 Å². The fraction of sp³-hybridized carbons (Fsp3) is 0.227. The van der Waals surface area contributed by atoms with Crippen LogP contribution in [-0.4, -0.2) is 22.2 Å². The molecule has 2 aliphatic carbocycles. The lowest BCUT2D eigenvalue weighted by molar-refractivity contribution is -0.384. The molecule has 0 amide bonds. The van der Waals surface area contributed by atoms with Gasteiger partial charge >= 0.3 is 0 Å². The molecule has 2 aromatic rings. The molecule has 28 heavy (non-hydrogen) atoms. The summed E-state index contributed by atoms with van der Waals surface area (Å²) >= 11 is 0. The van der Waals surface area contributed by atoms with Crippen LogP contribution in [0, 0.1) is 16.0 Å². The zero-order chi connectivity index (χ0) is 19.4. The van der Waals surface area contributed by atoms with Crippen molar-refractivity contribution in [3.8, 4) is 0 Å². The minimum absolute atomic E-state index is 0.00990. The highest BCUT2D eigenvalue weighted by molar-refractivity contribution is 6.30. The lowest BCUT2D eigenvalue weighted by Crippen LogP contribution is -2.33. The first-order valence-electron chi connectivity index (χ1n) is 9.29. The molecule has 2 atom stereocenters. The third-order valence-electron chi connectivity index (χ3n) is 5.81. The Morgan fingerprint density at radius 1 is 0.964 bits per heavy atom. The summed E-state index contributed by atoms with van der Waals surface area (Å²) in [6.45, 7) is 0. The monoisotopic (exact) mass is 372 g/mol. The molecule has 0 spiro atoms. The lowest BCUT2D eigenvalue weighted by atomic mass is 9.71. The highest BCUT2D eigenvalue weighted by Crippen LogP contribution is 2.48. The van der Waals surface area contributed by atoms with Crippen molar-refractivity contribution in [3.63, 3.8) is 0 Å². The van der Waals surface area contributed by atoms with Crippen LogP contribution in [-0.2, 0) is 4.79 Å². The molecule has 0 saturated heterocycles. The average molecular weight is 372 g/mol. The molecule has 0 bridgehead atoms. The maximum absolute atomic E-state index is 13.3. The predicted molar refractivity (Wildman–Crippen MR) is 103 cm³/mol. The number of carbonyl (C=O) groups is 2. The van der Waals surface area contributed by atoms with Gasteiger partial charge in [-0.1, -0.05) is 36.4 Å². The number of benzene rings is 2. The van der Waals surface area contributed by atoms with Gasteiger partial charge < -0.3 is 0 Å². The topological polar surface area (TPSA) is 89.6 Å². The Balaban J connectivity index is 1.76. The van der Waals surface area contributed by atoms with E-state index < -0.39 is 16.8 Å². The molecule has 2 aromatic carbocycles. The van der Waals surface area contributed by atoms with Crippen LogP contribution < -0.4 is 0 Å². The number of fused-ring (bicyclic) bond motifs is 3.